The molecule has 0 aromatic carbocycles. The molecule has 6 heteroatoms. The van der Waals surface area contributed by atoms with E-state index in [4.69, 9.17) is 5.73 Å². The van der Waals surface area contributed by atoms with E-state index in [1.165, 1.54) is 0 Å². The standard InChI is InChI=1S/C13H16N6/c1-9(2)12-13(14)16-17-19(12)8-10-7-18-6-4-3-5-11(18)15-10/h3-7,9H,8,14H2,1-2H3. The van der Waals surface area contributed by atoms with Gasteiger partial charge in [0.1, 0.15) is 5.65 Å². The Labute approximate surface area is 110 Å². The van der Waals surface area contributed by atoms with Gasteiger partial charge >= 0.3 is 0 Å². The summed E-state index contributed by atoms with van der Waals surface area (Å²) in [6.45, 7) is 4.74. The van der Waals surface area contributed by atoms with Crippen molar-refractivity contribution in [2.24, 2.45) is 0 Å². The molecule has 0 radical (unpaired) electrons. The first-order valence-corrected chi connectivity index (χ1v) is 6.26. The molecular formula is C13H16N6. The summed E-state index contributed by atoms with van der Waals surface area (Å²) >= 11 is 0. The van der Waals surface area contributed by atoms with Crippen LogP contribution in [0.5, 0.6) is 0 Å². The Kier molecular flexibility index (Phi) is 2.70. The molecule has 0 fully saturated rings. The van der Waals surface area contributed by atoms with Gasteiger partial charge in [-0.2, -0.15) is 0 Å². The van der Waals surface area contributed by atoms with Gasteiger partial charge in [-0.3, -0.25) is 0 Å². The lowest BCUT2D eigenvalue weighted by Crippen LogP contribution is -2.09. The van der Waals surface area contributed by atoms with Crippen molar-refractivity contribution in [1.82, 2.24) is 24.4 Å². The molecule has 3 aromatic heterocycles. The molecule has 3 heterocycles. The summed E-state index contributed by atoms with van der Waals surface area (Å²) in [4.78, 5) is 4.55. The summed E-state index contributed by atoms with van der Waals surface area (Å²) in [5.74, 6) is 0.783. The van der Waals surface area contributed by atoms with Crippen molar-refractivity contribution in [3.8, 4) is 0 Å². The molecule has 0 saturated heterocycles. The third kappa shape index (κ3) is 2.05. The van der Waals surface area contributed by atoms with Crippen LogP contribution in [0.2, 0.25) is 0 Å². The molecule has 0 aliphatic heterocycles. The highest BCUT2D eigenvalue weighted by atomic mass is 15.4. The molecule has 98 valence electrons. The van der Waals surface area contributed by atoms with Crippen molar-refractivity contribution in [3.63, 3.8) is 0 Å². The van der Waals surface area contributed by atoms with E-state index in [1.807, 2.05) is 39.7 Å². The number of hydrogen-bond acceptors (Lipinski definition) is 4. The third-order valence-corrected chi connectivity index (χ3v) is 3.07. The van der Waals surface area contributed by atoms with Crippen molar-refractivity contribution in [2.75, 3.05) is 5.73 Å². The molecule has 0 saturated carbocycles. The molecule has 0 amide bonds. The van der Waals surface area contributed by atoms with Gasteiger partial charge in [-0.05, 0) is 18.1 Å². The van der Waals surface area contributed by atoms with Gasteiger partial charge in [-0.25, -0.2) is 9.67 Å². The largest absolute Gasteiger partial charge is 0.381 e. The number of nitrogens with zero attached hydrogens (tertiary/aromatic N) is 5. The van der Waals surface area contributed by atoms with Crippen molar-refractivity contribution >= 4 is 11.5 Å². The SMILES string of the molecule is CC(C)c1c(N)nnn1Cc1cn2ccccc2n1. The van der Waals surface area contributed by atoms with Crippen LogP contribution in [0.3, 0.4) is 0 Å². The number of aromatic nitrogens is 5. The summed E-state index contributed by atoms with van der Waals surface area (Å²) in [7, 11) is 0. The van der Waals surface area contributed by atoms with Crippen LogP contribution in [-0.2, 0) is 6.54 Å². The zero-order valence-electron chi connectivity index (χ0n) is 11.0. The normalized spacial score (nSPS) is 11.5. The summed E-state index contributed by atoms with van der Waals surface area (Å²) < 4.78 is 3.81. The van der Waals surface area contributed by atoms with Crippen molar-refractivity contribution < 1.29 is 0 Å². The lowest BCUT2D eigenvalue weighted by molar-refractivity contribution is 0.592. The maximum absolute atomic E-state index is 5.85. The van der Waals surface area contributed by atoms with Crippen LogP contribution in [0, 0.1) is 0 Å². The Morgan fingerprint density at radius 3 is 2.89 bits per heavy atom. The van der Waals surface area contributed by atoms with E-state index in [0.29, 0.717) is 12.4 Å². The van der Waals surface area contributed by atoms with Crippen molar-refractivity contribution in [3.05, 3.63) is 42.0 Å². The average molecular weight is 256 g/mol. The second-order valence-corrected chi connectivity index (χ2v) is 4.87. The fourth-order valence-electron chi connectivity index (χ4n) is 2.26. The zero-order valence-corrected chi connectivity index (χ0v) is 11.0. The minimum absolute atomic E-state index is 0.284. The number of fused-ring (bicyclic) bond motifs is 1. The third-order valence-electron chi connectivity index (χ3n) is 3.07. The van der Waals surface area contributed by atoms with E-state index in [-0.39, 0.29) is 5.92 Å². The Morgan fingerprint density at radius 2 is 2.16 bits per heavy atom. The van der Waals surface area contributed by atoms with E-state index in [2.05, 4.69) is 29.1 Å². The van der Waals surface area contributed by atoms with E-state index in [1.54, 1.807) is 0 Å². The second-order valence-electron chi connectivity index (χ2n) is 4.87. The molecular weight excluding hydrogens is 240 g/mol. The van der Waals surface area contributed by atoms with Gasteiger partial charge in [0.05, 0.1) is 17.9 Å². The second kappa shape index (κ2) is 4.38. The first-order chi connectivity index (χ1) is 9.15. The maximum Gasteiger partial charge on any atom is 0.169 e. The van der Waals surface area contributed by atoms with Gasteiger partial charge in [0.15, 0.2) is 5.82 Å². The molecule has 3 aromatic rings. The first kappa shape index (κ1) is 11.7. The summed E-state index contributed by atoms with van der Waals surface area (Å²) in [6, 6.07) is 5.92. The minimum atomic E-state index is 0.284. The highest BCUT2D eigenvalue weighted by Gasteiger charge is 2.14. The van der Waals surface area contributed by atoms with Gasteiger partial charge in [0, 0.05) is 12.4 Å². The molecule has 6 nitrogen and oxygen atoms in total. The van der Waals surface area contributed by atoms with Crippen molar-refractivity contribution in [1.29, 1.82) is 0 Å². The van der Waals surface area contributed by atoms with Gasteiger partial charge < -0.3 is 10.1 Å². The lowest BCUT2D eigenvalue weighted by atomic mass is 10.1. The lowest BCUT2D eigenvalue weighted by Gasteiger charge is -2.07. The van der Waals surface area contributed by atoms with Crippen LogP contribution in [0.15, 0.2) is 30.6 Å². The number of rotatable bonds is 3. The molecule has 0 aliphatic carbocycles. The molecule has 0 spiro atoms. The number of imidazole rings is 1. The van der Waals surface area contributed by atoms with E-state index < -0.39 is 0 Å². The number of pyridine rings is 1. The number of nitrogen functional groups attached to an aromatic ring is 1. The molecule has 19 heavy (non-hydrogen) atoms. The number of anilines is 1. The van der Waals surface area contributed by atoms with Gasteiger partial charge in [-0.1, -0.05) is 25.1 Å². The van der Waals surface area contributed by atoms with E-state index in [0.717, 1.165) is 17.0 Å². The Morgan fingerprint density at radius 1 is 1.32 bits per heavy atom. The number of hydrogen-bond donors (Lipinski definition) is 1. The molecule has 0 unspecified atom stereocenters. The van der Waals surface area contributed by atoms with E-state index in [9.17, 15) is 0 Å². The smallest absolute Gasteiger partial charge is 0.169 e. The quantitative estimate of drug-likeness (QED) is 0.773. The molecule has 0 atom stereocenters. The Balaban J connectivity index is 1.97. The van der Waals surface area contributed by atoms with Gasteiger partial charge in [0.25, 0.3) is 0 Å². The van der Waals surface area contributed by atoms with Crippen LogP contribution in [0.4, 0.5) is 5.82 Å². The predicted molar refractivity (Wildman–Crippen MR) is 72.8 cm³/mol. The highest BCUT2D eigenvalue weighted by Crippen LogP contribution is 2.19. The first-order valence-electron chi connectivity index (χ1n) is 6.26. The van der Waals surface area contributed by atoms with Crippen LogP contribution >= 0.6 is 0 Å². The minimum Gasteiger partial charge on any atom is -0.381 e. The van der Waals surface area contributed by atoms with Crippen molar-refractivity contribution in [2.45, 2.75) is 26.3 Å². The molecule has 0 aliphatic rings. The highest BCUT2D eigenvalue weighted by molar-refractivity contribution is 5.40. The van der Waals surface area contributed by atoms with Crippen LogP contribution in [0.1, 0.15) is 31.2 Å². The molecule has 0 bridgehead atoms. The molecule has 2 N–H and O–H groups in total. The Hall–Kier alpha value is -2.37. The fourth-order valence-corrected chi connectivity index (χ4v) is 2.26. The van der Waals surface area contributed by atoms with Crippen LogP contribution < -0.4 is 5.73 Å². The van der Waals surface area contributed by atoms with Gasteiger partial charge in [0.2, 0.25) is 0 Å². The average Bonchev–Trinajstić information content (AvgIpc) is 2.92. The molecule has 3 rings (SSSR count). The summed E-state index contributed by atoms with van der Waals surface area (Å²) in [5, 5.41) is 8.04. The summed E-state index contributed by atoms with van der Waals surface area (Å²) in [6.07, 6.45) is 3.97. The monoisotopic (exact) mass is 256 g/mol. The maximum atomic E-state index is 5.85. The fraction of sp³-hybridized carbons (Fsp3) is 0.308. The number of nitrogens with two attached hydrogens (primary N) is 1. The predicted octanol–water partition coefficient (Wildman–Crippen LogP) is 1.68. The zero-order chi connectivity index (χ0) is 13.4. The van der Waals surface area contributed by atoms with E-state index >= 15 is 0 Å². The Bertz CT molecular complexity index is 676. The van der Waals surface area contributed by atoms with Crippen LogP contribution in [-0.4, -0.2) is 24.4 Å². The topological polar surface area (TPSA) is 74.0 Å². The van der Waals surface area contributed by atoms with Gasteiger partial charge in [-0.15, -0.1) is 5.10 Å². The van der Waals surface area contributed by atoms with Crippen LogP contribution in [0.25, 0.3) is 5.65 Å². The summed E-state index contributed by atoms with van der Waals surface area (Å²) in [5.41, 5.74) is 8.68.